The summed E-state index contributed by atoms with van der Waals surface area (Å²) in [6.07, 6.45) is 5.01. The van der Waals surface area contributed by atoms with Crippen LogP contribution in [-0.4, -0.2) is 26.6 Å². The monoisotopic (exact) mass is 219 g/mol. The Hall–Kier alpha value is -2.11. The summed E-state index contributed by atoms with van der Waals surface area (Å²) in [5.41, 5.74) is 6.33. The van der Waals surface area contributed by atoms with Crippen molar-refractivity contribution in [2.24, 2.45) is 0 Å². The van der Waals surface area contributed by atoms with E-state index < -0.39 is 0 Å². The minimum atomic E-state index is 0.318. The second-order valence-electron chi connectivity index (χ2n) is 3.18. The molecule has 0 aliphatic rings. The lowest BCUT2D eigenvalue weighted by Gasteiger charge is -2.09. The molecular formula is C10H13N5O. The molecule has 0 bridgehead atoms. The Kier molecular flexibility index (Phi) is 2.72. The number of ether oxygens (including phenoxy) is 1. The minimum Gasteiger partial charge on any atom is -0.491 e. The predicted octanol–water partition coefficient (Wildman–Crippen LogP) is 0.951. The van der Waals surface area contributed by atoms with Gasteiger partial charge in [0.25, 0.3) is 0 Å². The summed E-state index contributed by atoms with van der Waals surface area (Å²) in [7, 11) is 1.54. The van der Waals surface area contributed by atoms with Crippen molar-refractivity contribution in [3.63, 3.8) is 0 Å². The Balaban J connectivity index is 2.60. The fourth-order valence-electron chi connectivity index (χ4n) is 1.53. The minimum absolute atomic E-state index is 0.318. The van der Waals surface area contributed by atoms with Crippen molar-refractivity contribution < 1.29 is 4.74 Å². The molecule has 0 atom stereocenters. The third kappa shape index (κ3) is 1.58. The van der Waals surface area contributed by atoms with Crippen LogP contribution >= 0.6 is 0 Å². The molecule has 0 amide bonds. The lowest BCUT2D eigenvalue weighted by Crippen LogP contribution is -2.03. The van der Waals surface area contributed by atoms with Crippen molar-refractivity contribution in [1.82, 2.24) is 19.5 Å². The lowest BCUT2D eigenvalue weighted by molar-refractivity contribution is 0.414. The fraction of sp³-hybridized carbons (Fsp3) is 0.300. The molecule has 0 saturated carbocycles. The Morgan fingerprint density at radius 2 is 2.19 bits per heavy atom. The second-order valence-corrected chi connectivity index (χ2v) is 3.18. The number of imidazole rings is 1. The highest BCUT2D eigenvalue weighted by atomic mass is 16.5. The number of methoxy groups -OCH3 is 1. The van der Waals surface area contributed by atoms with Crippen LogP contribution in [-0.2, 0) is 6.54 Å². The number of nitrogen functional groups attached to an aromatic ring is 1. The van der Waals surface area contributed by atoms with Crippen LogP contribution in [0.25, 0.3) is 11.5 Å². The van der Waals surface area contributed by atoms with Gasteiger partial charge >= 0.3 is 0 Å². The molecule has 0 radical (unpaired) electrons. The van der Waals surface area contributed by atoms with E-state index in [1.807, 2.05) is 17.7 Å². The van der Waals surface area contributed by atoms with E-state index in [9.17, 15) is 0 Å². The first-order valence-electron chi connectivity index (χ1n) is 4.93. The van der Waals surface area contributed by atoms with Crippen LogP contribution in [0.1, 0.15) is 6.92 Å². The first-order valence-corrected chi connectivity index (χ1v) is 4.93. The van der Waals surface area contributed by atoms with E-state index in [4.69, 9.17) is 10.5 Å². The zero-order valence-electron chi connectivity index (χ0n) is 9.21. The van der Waals surface area contributed by atoms with Gasteiger partial charge in [0, 0.05) is 18.9 Å². The molecule has 2 aromatic rings. The van der Waals surface area contributed by atoms with Gasteiger partial charge in [-0.2, -0.15) is 0 Å². The van der Waals surface area contributed by atoms with Crippen LogP contribution in [0.15, 0.2) is 18.7 Å². The van der Waals surface area contributed by atoms with Gasteiger partial charge in [-0.05, 0) is 6.92 Å². The summed E-state index contributed by atoms with van der Waals surface area (Å²) in [4.78, 5) is 12.3. The molecule has 0 aromatic carbocycles. The third-order valence-corrected chi connectivity index (χ3v) is 2.30. The molecule has 2 aromatic heterocycles. The van der Waals surface area contributed by atoms with Crippen molar-refractivity contribution in [1.29, 1.82) is 0 Å². The van der Waals surface area contributed by atoms with E-state index in [1.54, 1.807) is 6.20 Å². The van der Waals surface area contributed by atoms with E-state index in [0.29, 0.717) is 17.3 Å². The number of aryl methyl sites for hydroxylation is 1. The second kappa shape index (κ2) is 4.18. The quantitative estimate of drug-likeness (QED) is 0.831. The summed E-state index contributed by atoms with van der Waals surface area (Å²) in [5, 5.41) is 0. The van der Waals surface area contributed by atoms with E-state index in [2.05, 4.69) is 15.0 Å². The van der Waals surface area contributed by atoms with Crippen LogP contribution in [0.4, 0.5) is 5.82 Å². The molecule has 2 N–H and O–H groups in total. The molecule has 16 heavy (non-hydrogen) atoms. The molecule has 0 fully saturated rings. The fourth-order valence-corrected chi connectivity index (χ4v) is 1.53. The maximum Gasteiger partial charge on any atom is 0.190 e. The summed E-state index contributed by atoms with van der Waals surface area (Å²) in [6.45, 7) is 2.84. The number of anilines is 1. The van der Waals surface area contributed by atoms with Gasteiger partial charge in [-0.3, -0.25) is 0 Å². The molecule has 6 heteroatoms. The largest absolute Gasteiger partial charge is 0.491 e. The van der Waals surface area contributed by atoms with Gasteiger partial charge < -0.3 is 15.0 Å². The highest BCUT2D eigenvalue weighted by molar-refractivity contribution is 5.66. The van der Waals surface area contributed by atoms with Crippen LogP contribution in [0, 0.1) is 0 Å². The standard InChI is InChI=1S/C10H13N5O/c1-3-15-5-4-12-10(15)7-8(16-2)9(11)14-6-13-7/h4-6H,3H2,1-2H3,(H2,11,13,14). The molecule has 2 heterocycles. The van der Waals surface area contributed by atoms with E-state index in [0.717, 1.165) is 12.4 Å². The molecule has 84 valence electrons. The maximum absolute atomic E-state index is 5.72. The van der Waals surface area contributed by atoms with Gasteiger partial charge in [-0.1, -0.05) is 0 Å². The predicted molar refractivity (Wildman–Crippen MR) is 59.9 cm³/mol. The van der Waals surface area contributed by atoms with Gasteiger partial charge in [-0.15, -0.1) is 0 Å². The normalized spacial score (nSPS) is 10.4. The van der Waals surface area contributed by atoms with Crippen LogP contribution in [0.3, 0.4) is 0 Å². The van der Waals surface area contributed by atoms with Gasteiger partial charge in [-0.25, -0.2) is 15.0 Å². The van der Waals surface area contributed by atoms with Crippen molar-refractivity contribution in [3.8, 4) is 17.3 Å². The molecule has 0 saturated heterocycles. The number of nitrogens with two attached hydrogens (primary N) is 1. The Morgan fingerprint density at radius 3 is 2.88 bits per heavy atom. The summed E-state index contributed by atoms with van der Waals surface area (Å²) in [5.74, 6) is 1.51. The van der Waals surface area contributed by atoms with Gasteiger partial charge in [0.1, 0.15) is 6.33 Å². The molecule has 0 aliphatic carbocycles. The van der Waals surface area contributed by atoms with Gasteiger partial charge in [0.15, 0.2) is 23.1 Å². The molecule has 0 unspecified atom stereocenters. The number of rotatable bonds is 3. The maximum atomic E-state index is 5.72. The lowest BCUT2D eigenvalue weighted by atomic mass is 10.3. The molecular weight excluding hydrogens is 206 g/mol. The van der Waals surface area contributed by atoms with Crippen LogP contribution in [0.5, 0.6) is 5.75 Å². The summed E-state index contributed by atoms with van der Waals surface area (Å²) < 4.78 is 7.16. The number of aromatic nitrogens is 4. The van der Waals surface area contributed by atoms with Crippen molar-refractivity contribution in [3.05, 3.63) is 18.7 Å². The van der Waals surface area contributed by atoms with Crippen molar-refractivity contribution in [2.75, 3.05) is 12.8 Å². The highest BCUT2D eigenvalue weighted by Gasteiger charge is 2.15. The first-order chi connectivity index (χ1) is 7.77. The third-order valence-electron chi connectivity index (χ3n) is 2.30. The van der Waals surface area contributed by atoms with Crippen LogP contribution in [0.2, 0.25) is 0 Å². The number of nitrogens with zero attached hydrogens (tertiary/aromatic N) is 4. The first kappa shape index (κ1) is 10.4. The molecule has 0 spiro atoms. The zero-order valence-corrected chi connectivity index (χ0v) is 9.21. The Morgan fingerprint density at radius 1 is 1.38 bits per heavy atom. The molecule has 0 aliphatic heterocycles. The molecule has 2 rings (SSSR count). The number of hydrogen-bond acceptors (Lipinski definition) is 5. The average molecular weight is 219 g/mol. The number of hydrogen-bond donors (Lipinski definition) is 1. The zero-order chi connectivity index (χ0) is 11.5. The topological polar surface area (TPSA) is 78.9 Å². The van der Waals surface area contributed by atoms with Gasteiger partial charge in [0.05, 0.1) is 7.11 Å². The van der Waals surface area contributed by atoms with Crippen LogP contribution < -0.4 is 10.5 Å². The van der Waals surface area contributed by atoms with E-state index >= 15 is 0 Å². The Labute approximate surface area is 93.1 Å². The van der Waals surface area contributed by atoms with E-state index in [1.165, 1.54) is 13.4 Å². The SMILES string of the molecule is CCn1ccnc1-c1ncnc(N)c1OC. The Bertz CT molecular complexity index is 494. The summed E-state index contributed by atoms with van der Waals surface area (Å²) in [6, 6.07) is 0. The van der Waals surface area contributed by atoms with Crippen molar-refractivity contribution >= 4 is 5.82 Å². The van der Waals surface area contributed by atoms with E-state index in [-0.39, 0.29) is 0 Å². The van der Waals surface area contributed by atoms with Crippen molar-refractivity contribution in [2.45, 2.75) is 13.5 Å². The average Bonchev–Trinajstić information content (AvgIpc) is 2.76. The molecule has 6 nitrogen and oxygen atoms in total. The highest BCUT2D eigenvalue weighted by Crippen LogP contribution is 2.29. The summed E-state index contributed by atoms with van der Waals surface area (Å²) >= 11 is 0. The van der Waals surface area contributed by atoms with Gasteiger partial charge in [0.2, 0.25) is 0 Å². The smallest absolute Gasteiger partial charge is 0.190 e.